The number of aliphatic hydroxyl groups excluding tert-OH is 1. The molecule has 3 heterocycles. The number of aliphatic hydroxyl groups is 1. The summed E-state index contributed by atoms with van der Waals surface area (Å²) in [4.78, 5) is 28.7. The summed E-state index contributed by atoms with van der Waals surface area (Å²) in [5.41, 5.74) is 1.55. The van der Waals surface area contributed by atoms with Gasteiger partial charge >= 0.3 is 0 Å². The van der Waals surface area contributed by atoms with E-state index in [0.717, 1.165) is 24.8 Å². The van der Waals surface area contributed by atoms with Crippen LogP contribution in [-0.4, -0.2) is 33.6 Å². The van der Waals surface area contributed by atoms with Crippen molar-refractivity contribution in [2.75, 3.05) is 11.5 Å². The van der Waals surface area contributed by atoms with Crippen molar-refractivity contribution in [3.63, 3.8) is 0 Å². The second kappa shape index (κ2) is 12.8. The number of carbonyl (C=O) groups is 2. The number of ether oxygens (including phenoxy) is 1. The molecule has 11 heteroatoms. The number of rotatable bonds is 12. The molecule has 7 nitrogen and oxygen atoms in total. The number of thioether (sulfide) groups is 1. The molecule has 4 aromatic rings. The zero-order valence-corrected chi connectivity index (χ0v) is 24.0. The van der Waals surface area contributed by atoms with Gasteiger partial charge < -0.3 is 9.84 Å². The zero-order valence-electron chi connectivity index (χ0n) is 21.6. The highest BCUT2D eigenvalue weighted by atomic mass is 32.2. The molecule has 1 unspecified atom stereocenters. The van der Waals surface area contributed by atoms with Gasteiger partial charge in [-0.1, -0.05) is 73.2 Å². The maximum atomic E-state index is 13.5. The Balaban J connectivity index is 1.43. The minimum atomic E-state index is -0.890. The highest BCUT2D eigenvalue weighted by Crippen LogP contribution is 2.44. The fourth-order valence-corrected chi connectivity index (χ4v) is 6.76. The van der Waals surface area contributed by atoms with Crippen molar-refractivity contribution in [2.24, 2.45) is 0 Å². The number of unbranched alkanes of at least 4 members (excludes halogenated alkanes) is 2. The van der Waals surface area contributed by atoms with E-state index < -0.39 is 23.5 Å². The summed E-state index contributed by atoms with van der Waals surface area (Å²) in [6, 6.07) is 15.9. The van der Waals surface area contributed by atoms with Crippen molar-refractivity contribution < 1.29 is 23.8 Å². The van der Waals surface area contributed by atoms with Gasteiger partial charge in [0.15, 0.2) is 10.1 Å². The van der Waals surface area contributed by atoms with Gasteiger partial charge in [0.1, 0.15) is 11.6 Å². The number of benzene rings is 2. The number of hydrogen-bond acceptors (Lipinski definition) is 9. The van der Waals surface area contributed by atoms with Crippen LogP contribution in [0.15, 0.2) is 81.7 Å². The first-order chi connectivity index (χ1) is 19.5. The van der Waals surface area contributed by atoms with Crippen molar-refractivity contribution in [3.05, 3.63) is 99.2 Å². The molecule has 0 spiro atoms. The Hall–Kier alpha value is -3.54. The lowest BCUT2D eigenvalue weighted by molar-refractivity contribution is -0.117. The Labute approximate surface area is 243 Å². The third kappa shape index (κ3) is 6.11. The fourth-order valence-electron chi connectivity index (χ4n) is 4.26. The molecule has 0 saturated heterocycles. The molecule has 1 amide bonds. The Kier molecular flexibility index (Phi) is 8.93. The van der Waals surface area contributed by atoms with E-state index in [4.69, 9.17) is 4.74 Å². The molecule has 0 aliphatic carbocycles. The summed E-state index contributed by atoms with van der Waals surface area (Å²) in [5, 5.41) is 21.5. The monoisotopic (exact) mass is 595 g/mol. The summed E-state index contributed by atoms with van der Waals surface area (Å²) in [5.74, 6) is -0.802. The average Bonchev–Trinajstić information content (AvgIpc) is 3.72. The Morgan fingerprint density at radius 3 is 2.58 bits per heavy atom. The van der Waals surface area contributed by atoms with Gasteiger partial charge in [0.05, 0.1) is 23.1 Å². The van der Waals surface area contributed by atoms with Crippen LogP contribution in [0.5, 0.6) is 5.75 Å². The van der Waals surface area contributed by atoms with E-state index in [1.165, 1.54) is 51.5 Å². The molecule has 2 aromatic carbocycles. The topological polar surface area (TPSA) is 92.6 Å². The number of anilines is 1. The van der Waals surface area contributed by atoms with Crippen molar-refractivity contribution in [1.82, 2.24) is 10.2 Å². The number of Topliss-reactive ketones (excluding diaryl/α,β-unsaturated/α-hetero) is 1. The number of halogens is 1. The predicted octanol–water partition coefficient (Wildman–Crippen LogP) is 7.38. The van der Waals surface area contributed by atoms with Gasteiger partial charge in [-0.15, -0.1) is 21.5 Å². The lowest BCUT2D eigenvalue weighted by Gasteiger charge is -2.24. The lowest BCUT2D eigenvalue weighted by Crippen LogP contribution is -2.31. The van der Waals surface area contributed by atoms with Crippen LogP contribution in [0, 0.1) is 5.82 Å². The van der Waals surface area contributed by atoms with Gasteiger partial charge in [-0.3, -0.25) is 14.5 Å². The van der Waals surface area contributed by atoms with Crippen LogP contribution < -0.4 is 9.64 Å². The highest BCUT2D eigenvalue weighted by molar-refractivity contribution is 8.00. The van der Waals surface area contributed by atoms with E-state index >= 15 is 0 Å². The van der Waals surface area contributed by atoms with Gasteiger partial charge in [0, 0.05) is 5.75 Å². The van der Waals surface area contributed by atoms with Crippen LogP contribution in [-0.2, 0) is 10.5 Å². The first-order valence-electron chi connectivity index (χ1n) is 12.7. The molecule has 1 atom stereocenters. The van der Waals surface area contributed by atoms with Gasteiger partial charge in [-0.05, 0) is 53.3 Å². The number of amides is 1. The summed E-state index contributed by atoms with van der Waals surface area (Å²) < 4.78 is 19.7. The Bertz CT molecular complexity index is 1500. The molecule has 1 aliphatic heterocycles. The molecule has 5 rings (SSSR count). The van der Waals surface area contributed by atoms with Crippen molar-refractivity contribution >= 4 is 51.3 Å². The van der Waals surface area contributed by atoms with E-state index in [9.17, 15) is 19.1 Å². The number of ketones is 1. The molecule has 0 saturated carbocycles. The quantitative estimate of drug-likeness (QED) is 0.0790. The second-order valence-electron chi connectivity index (χ2n) is 9.04. The van der Waals surface area contributed by atoms with E-state index in [1.54, 1.807) is 53.9 Å². The molecule has 0 fully saturated rings. The van der Waals surface area contributed by atoms with E-state index in [0.29, 0.717) is 32.9 Å². The number of nitrogens with zero attached hydrogens (tertiary/aromatic N) is 3. The van der Waals surface area contributed by atoms with E-state index in [2.05, 4.69) is 17.1 Å². The summed E-state index contributed by atoms with van der Waals surface area (Å²) in [6.07, 6.45) is 3.14. The molecule has 1 aliphatic rings. The number of hydrogen-bond donors (Lipinski definition) is 1. The molecular weight excluding hydrogens is 570 g/mol. The molecule has 206 valence electrons. The fraction of sp³-hybridized carbons (Fsp3) is 0.241. The van der Waals surface area contributed by atoms with Crippen molar-refractivity contribution in [1.29, 1.82) is 0 Å². The van der Waals surface area contributed by atoms with Crippen LogP contribution in [0.2, 0.25) is 0 Å². The molecule has 0 radical (unpaired) electrons. The smallest absolute Gasteiger partial charge is 0.296 e. The Morgan fingerprint density at radius 2 is 1.88 bits per heavy atom. The average molecular weight is 596 g/mol. The van der Waals surface area contributed by atoms with Crippen LogP contribution in [0.25, 0.3) is 0 Å². The van der Waals surface area contributed by atoms with Crippen molar-refractivity contribution in [3.8, 4) is 5.75 Å². The third-order valence-electron chi connectivity index (χ3n) is 6.29. The largest absolute Gasteiger partial charge is 0.503 e. The van der Waals surface area contributed by atoms with E-state index in [1.807, 2.05) is 0 Å². The predicted molar refractivity (Wildman–Crippen MR) is 156 cm³/mol. The lowest BCUT2D eigenvalue weighted by atomic mass is 9.95. The minimum Gasteiger partial charge on any atom is -0.503 e. The third-order valence-corrected chi connectivity index (χ3v) is 9.28. The normalized spacial score (nSPS) is 15.2. The molecule has 2 aromatic heterocycles. The number of carbonyl (C=O) groups excluding carboxylic acids is 2. The van der Waals surface area contributed by atoms with Crippen molar-refractivity contribution in [2.45, 2.75) is 42.3 Å². The van der Waals surface area contributed by atoms with Crippen LogP contribution in [0.3, 0.4) is 0 Å². The molecular formula is C29H26FN3O4S3. The van der Waals surface area contributed by atoms with Crippen LogP contribution in [0.4, 0.5) is 9.52 Å². The van der Waals surface area contributed by atoms with E-state index in [-0.39, 0.29) is 16.5 Å². The summed E-state index contributed by atoms with van der Waals surface area (Å²) >= 11 is 3.83. The zero-order chi connectivity index (χ0) is 28.1. The standard InChI is InChI=1S/C29H26FN3O4S3/c1-2-3-4-15-37-21-13-9-19(10-14-21)24-23(25(34)22-6-5-16-38-22)26(35)27(36)33(24)28-31-32-29(40-28)39-17-18-7-11-20(30)12-8-18/h5-14,16,24,35H,2-4,15,17H2,1H3. The second-order valence-corrected chi connectivity index (χ2v) is 12.2. The first kappa shape index (κ1) is 28.0. The highest BCUT2D eigenvalue weighted by Gasteiger charge is 2.46. The molecule has 0 bridgehead atoms. The van der Waals surface area contributed by atoms with Gasteiger partial charge in [-0.2, -0.15) is 0 Å². The summed E-state index contributed by atoms with van der Waals surface area (Å²) in [7, 11) is 0. The van der Waals surface area contributed by atoms with Crippen LogP contribution >= 0.6 is 34.4 Å². The first-order valence-corrected chi connectivity index (χ1v) is 15.4. The summed E-state index contributed by atoms with van der Waals surface area (Å²) in [6.45, 7) is 2.74. The van der Waals surface area contributed by atoms with Gasteiger partial charge in [-0.25, -0.2) is 4.39 Å². The van der Waals surface area contributed by atoms with Gasteiger partial charge in [0.25, 0.3) is 5.91 Å². The number of thiophene rings is 1. The Morgan fingerprint density at radius 1 is 1.10 bits per heavy atom. The number of aromatic nitrogens is 2. The SMILES string of the molecule is CCCCCOc1ccc(C2C(C(=O)c3cccs3)=C(O)C(=O)N2c2nnc(SCc3ccc(F)cc3)s2)cc1. The maximum Gasteiger partial charge on any atom is 0.296 e. The molecule has 40 heavy (non-hydrogen) atoms. The van der Waals surface area contributed by atoms with Gasteiger partial charge in [0.2, 0.25) is 10.9 Å². The van der Waals surface area contributed by atoms with Crippen LogP contribution in [0.1, 0.15) is 53.0 Å². The molecule has 1 N–H and O–H groups in total. The minimum absolute atomic E-state index is 0.000204. The maximum absolute atomic E-state index is 13.5.